The van der Waals surface area contributed by atoms with Crippen molar-refractivity contribution < 1.29 is 17.7 Å². The van der Waals surface area contributed by atoms with Crippen molar-refractivity contribution in [3.63, 3.8) is 0 Å². The number of benzene rings is 1. The van der Waals surface area contributed by atoms with Gasteiger partial charge >= 0.3 is 0 Å². The van der Waals surface area contributed by atoms with Gasteiger partial charge in [-0.3, -0.25) is 9.78 Å². The first-order valence-electron chi connectivity index (χ1n) is 9.38. The smallest absolute Gasteiger partial charge is 0.251 e. The van der Waals surface area contributed by atoms with Crippen LogP contribution in [0.5, 0.6) is 0 Å². The molecule has 3 aromatic rings. The van der Waals surface area contributed by atoms with Gasteiger partial charge in [0.15, 0.2) is 0 Å². The highest BCUT2D eigenvalue weighted by molar-refractivity contribution is 7.89. The minimum absolute atomic E-state index is 0.0320. The van der Waals surface area contributed by atoms with E-state index in [9.17, 15) is 13.2 Å². The number of amides is 1. The van der Waals surface area contributed by atoms with Crippen LogP contribution in [-0.4, -0.2) is 47.9 Å². The standard InChI is InChI=1S/C20H22ClN5O4S/c1-12(2)17(20-24-18(25-30-20)13-7-9-22-10-8-13)23-19(27)14-5-6-15(21)16(11-14)31(28,29)26(3)4/h5-12,17H,1-4H3,(H,23,27). The first-order chi connectivity index (χ1) is 14.6. The number of nitrogens with zero attached hydrogens (tertiary/aromatic N) is 4. The van der Waals surface area contributed by atoms with E-state index in [4.69, 9.17) is 16.1 Å². The number of pyridine rings is 1. The molecule has 31 heavy (non-hydrogen) atoms. The first-order valence-corrected chi connectivity index (χ1v) is 11.2. The topological polar surface area (TPSA) is 118 Å². The van der Waals surface area contributed by atoms with Gasteiger partial charge in [0.1, 0.15) is 10.9 Å². The van der Waals surface area contributed by atoms with Crippen LogP contribution < -0.4 is 5.32 Å². The van der Waals surface area contributed by atoms with Gasteiger partial charge in [-0.15, -0.1) is 0 Å². The minimum Gasteiger partial charge on any atom is -0.340 e. The summed E-state index contributed by atoms with van der Waals surface area (Å²) in [6.07, 6.45) is 3.24. The van der Waals surface area contributed by atoms with E-state index in [2.05, 4.69) is 20.4 Å². The number of aromatic nitrogens is 3. The van der Waals surface area contributed by atoms with E-state index < -0.39 is 22.0 Å². The fourth-order valence-electron chi connectivity index (χ4n) is 2.76. The largest absolute Gasteiger partial charge is 0.340 e. The molecule has 0 aliphatic heterocycles. The van der Waals surface area contributed by atoms with Crippen molar-refractivity contribution in [3.05, 3.63) is 59.2 Å². The molecule has 9 nitrogen and oxygen atoms in total. The van der Waals surface area contributed by atoms with Gasteiger partial charge < -0.3 is 9.84 Å². The molecule has 2 heterocycles. The maximum Gasteiger partial charge on any atom is 0.251 e. The highest BCUT2D eigenvalue weighted by Gasteiger charge is 2.27. The van der Waals surface area contributed by atoms with Crippen LogP contribution in [0, 0.1) is 5.92 Å². The normalized spacial score (nSPS) is 12.9. The van der Waals surface area contributed by atoms with Crippen LogP contribution in [0.25, 0.3) is 11.4 Å². The lowest BCUT2D eigenvalue weighted by Crippen LogP contribution is -2.32. The molecule has 0 spiro atoms. The summed E-state index contributed by atoms with van der Waals surface area (Å²) >= 11 is 6.07. The molecule has 1 aromatic carbocycles. The van der Waals surface area contributed by atoms with E-state index in [1.807, 2.05) is 13.8 Å². The van der Waals surface area contributed by atoms with Crippen LogP contribution in [-0.2, 0) is 10.0 Å². The zero-order valence-electron chi connectivity index (χ0n) is 17.4. The van der Waals surface area contributed by atoms with E-state index in [1.165, 1.54) is 32.3 Å². The number of hydrogen-bond acceptors (Lipinski definition) is 7. The summed E-state index contributed by atoms with van der Waals surface area (Å²) < 4.78 is 31.4. The highest BCUT2D eigenvalue weighted by Crippen LogP contribution is 2.27. The summed E-state index contributed by atoms with van der Waals surface area (Å²) in [7, 11) is -1.03. The van der Waals surface area contributed by atoms with E-state index in [0.717, 1.165) is 9.87 Å². The van der Waals surface area contributed by atoms with Gasteiger partial charge in [0, 0.05) is 37.6 Å². The van der Waals surface area contributed by atoms with Crippen LogP contribution >= 0.6 is 11.6 Å². The predicted molar refractivity (Wildman–Crippen MR) is 115 cm³/mol. The molecule has 1 N–H and O–H groups in total. The Hall–Kier alpha value is -2.82. The fraction of sp³-hybridized carbons (Fsp3) is 0.300. The molecule has 1 unspecified atom stereocenters. The Morgan fingerprint density at radius 3 is 2.45 bits per heavy atom. The van der Waals surface area contributed by atoms with Gasteiger partial charge in [0.25, 0.3) is 5.91 Å². The van der Waals surface area contributed by atoms with Crippen LogP contribution in [0.4, 0.5) is 0 Å². The molecular formula is C20H22ClN5O4S. The molecule has 0 aliphatic carbocycles. The van der Waals surface area contributed by atoms with Crippen molar-refractivity contribution in [2.45, 2.75) is 24.8 Å². The summed E-state index contributed by atoms with van der Waals surface area (Å²) in [6, 6.07) is 7.00. The Labute approximate surface area is 185 Å². The van der Waals surface area contributed by atoms with Gasteiger partial charge in [0.2, 0.25) is 21.7 Å². The Bertz CT molecular complexity index is 1180. The number of hydrogen-bond donors (Lipinski definition) is 1. The number of rotatable bonds is 7. The number of nitrogens with one attached hydrogen (secondary N) is 1. The molecule has 0 bridgehead atoms. The average Bonchev–Trinajstić information content (AvgIpc) is 3.22. The third-order valence-corrected chi connectivity index (χ3v) is 6.85. The van der Waals surface area contributed by atoms with Crippen LogP contribution in [0.3, 0.4) is 0 Å². The van der Waals surface area contributed by atoms with Gasteiger partial charge in [-0.05, 0) is 36.2 Å². The number of carbonyl (C=O) groups excluding carboxylic acids is 1. The molecule has 3 rings (SSSR count). The number of carbonyl (C=O) groups is 1. The monoisotopic (exact) mass is 463 g/mol. The zero-order chi connectivity index (χ0) is 22.8. The van der Waals surface area contributed by atoms with Crippen molar-refractivity contribution in [1.29, 1.82) is 0 Å². The molecule has 0 saturated carbocycles. The van der Waals surface area contributed by atoms with Crippen LogP contribution in [0.1, 0.15) is 36.1 Å². The second-order valence-corrected chi connectivity index (χ2v) is 9.85. The lowest BCUT2D eigenvalue weighted by atomic mass is 10.0. The van der Waals surface area contributed by atoms with Gasteiger partial charge in [-0.2, -0.15) is 4.98 Å². The number of halogens is 1. The lowest BCUT2D eigenvalue weighted by molar-refractivity contribution is 0.0913. The second-order valence-electron chi connectivity index (χ2n) is 7.32. The summed E-state index contributed by atoms with van der Waals surface area (Å²) in [5.41, 5.74) is 0.874. The van der Waals surface area contributed by atoms with Gasteiger partial charge in [0.05, 0.1) is 5.02 Å². The zero-order valence-corrected chi connectivity index (χ0v) is 19.0. The third kappa shape index (κ3) is 4.92. The maximum absolute atomic E-state index is 12.9. The van der Waals surface area contributed by atoms with Crippen molar-refractivity contribution in [2.75, 3.05) is 14.1 Å². The minimum atomic E-state index is -3.81. The van der Waals surface area contributed by atoms with Crippen LogP contribution in [0.2, 0.25) is 5.02 Å². The van der Waals surface area contributed by atoms with Crippen molar-refractivity contribution in [1.82, 2.24) is 24.7 Å². The van der Waals surface area contributed by atoms with Crippen molar-refractivity contribution in [3.8, 4) is 11.4 Å². The summed E-state index contributed by atoms with van der Waals surface area (Å²) in [4.78, 5) is 21.1. The molecular weight excluding hydrogens is 442 g/mol. The number of sulfonamides is 1. The Morgan fingerprint density at radius 2 is 1.84 bits per heavy atom. The molecule has 164 valence electrons. The van der Waals surface area contributed by atoms with Gasteiger partial charge in [-0.1, -0.05) is 30.6 Å². The SMILES string of the molecule is CC(C)C(NC(=O)c1ccc(Cl)c(S(=O)(=O)N(C)C)c1)c1nc(-c2ccncc2)no1. The molecule has 0 aliphatic rings. The molecule has 1 amide bonds. The third-order valence-electron chi connectivity index (χ3n) is 4.55. The quantitative estimate of drug-likeness (QED) is 0.571. The molecule has 11 heteroatoms. The van der Waals surface area contributed by atoms with Crippen molar-refractivity contribution >= 4 is 27.5 Å². The second kappa shape index (κ2) is 9.13. The maximum atomic E-state index is 12.9. The van der Waals surface area contributed by atoms with E-state index in [0.29, 0.717) is 5.82 Å². The first kappa shape index (κ1) is 22.9. The fourth-order valence-corrected chi connectivity index (χ4v) is 4.15. The molecule has 1 atom stereocenters. The summed E-state index contributed by atoms with van der Waals surface area (Å²) in [5.74, 6) is 0.0506. The Morgan fingerprint density at radius 1 is 1.16 bits per heavy atom. The highest BCUT2D eigenvalue weighted by atomic mass is 35.5. The van der Waals surface area contributed by atoms with E-state index in [1.54, 1.807) is 24.5 Å². The molecule has 0 radical (unpaired) electrons. The summed E-state index contributed by atoms with van der Waals surface area (Å²) in [5, 5.41) is 6.85. The molecule has 2 aromatic heterocycles. The van der Waals surface area contributed by atoms with E-state index in [-0.39, 0.29) is 27.3 Å². The molecule has 0 fully saturated rings. The predicted octanol–water partition coefficient (Wildman–Crippen LogP) is 3.16. The summed E-state index contributed by atoms with van der Waals surface area (Å²) in [6.45, 7) is 3.79. The molecule has 0 saturated heterocycles. The Kier molecular flexibility index (Phi) is 6.73. The Balaban J connectivity index is 1.88. The van der Waals surface area contributed by atoms with Crippen molar-refractivity contribution in [2.24, 2.45) is 5.92 Å². The van der Waals surface area contributed by atoms with Gasteiger partial charge in [-0.25, -0.2) is 12.7 Å². The van der Waals surface area contributed by atoms with E-state index >= 15 is 0 Å². The van der Waals surface area contributed by atoms with Crippen LogP contribution in [0.15, 0.2) is 52.1 Å². The average molecular weight is 464 g/mol. The lowest BCUT2D eigenvalue weighted by Gasteiger charge is -2.19.